The minimum absolute atomic E-state index is 0.294. The summed E-state index contributed by atoms with van der Waals surface area (Å²) in [5, 5.41) is 11.0. The average Bonchev–Trinajstić information content (AvgIpc) is 3.05. The van der Waals surface area contributed by atoms with Crippen molar-refractivity contribution in [1.82, 2.24) is 15.1 Å². The van der Waals surface area contributed by atoms with Gasteiger partial charge < -0.3 is 5.32 Å². The van der Waals surface area contributed by atoms with Crippen LogP contribution in [0.15, 0.2) is 64.2 Å². The first-order valence-electron chi connectivity index (χ1n) is 9.61. The van der Waals surface area contributed by atoms with E-state index in [1.807, 2.05) is 42.1 Å². The summed E-state index contributed by atoms with van der Waals surface area (Å²) >= 11 is 9.48. The molecule has 0 radical (unpaired) electrons. The molecule has 0 bridgehead atoms. The molecule has 3 rings (SSSR count). The minimum Gasteiger partial charge on any atom is -0.326 e. The Morgan fingerprint density at radius 3 is 2.77 bits per heavy atom. The Bertz CT molecular complexity index is 1060. The first kappa shape index (κ1) is 22.1. The molecule has 1 heterocycles. The Morgan fingerprint density at radius 1 is 1.23 bits per heavy atom. The summed E-state index contributed by atoms with van der Waals surface area (Å²) < 4.78 is 2.84. The van der Waals surface area contributed by atoms with Crippen LogP contribution in [0, 0.1) is 6.92 Å². The van der Waals surface area contributed by atoms with Crippen LogP contribution >= 0.6 is 27.5 Å². The highest BCUT2D eigenvalue weighted by Gasteiger charge is 2.11. The van der Waals surface area contributed by atoms with E-state index in [4.69, 9.17) is 11.6 Å². The van der Waals surface area contributed by atoms with Crippen molar-refractivity contribution in [3.63, 3.8) is 0 Å². The Labute approximate surface area is 189 Å². The predicted octanol–water partition coefficient (Wildman–Crippen LogP) is 5.42. The Balaban J connectivity index is 1.82. The Hall–Kier alpha value is -2.64. The van der Waals surface area contributed by atoms with Crippen molar-refractivity contribution in [2.45, 2.75) is 33.4 Å². The second kappa shape index (κ2) is 10.4. The average molecular weight is 489 g/mol. The topological polar surface area (TPSA) is 71.3 Å². The molecule has 1 amide bonds. The number of hydrogen-bond donors (Lipinski definition) is 2. The number of anilines is 1. The molecule has 3 aromatic rings. The molecule has 0 unspecified atom stereocenters. The van der Waals surface area contributed by atoms with Crippen molar-refractivity contribution in [1.29, 1.82) is 0 Å². The third-order valence-corrected chi connectivity index (χ3v) is 5.04. The zero-order valence-electron chi connectivity index (χ0n) is 16.8. The number of hydrogen-bond acceptors (Lipinski definition) is 3. The molecule has 0 saturated heterocycles. The fourth-order valence-electron chi connectivity index (χ4n) is 2.84. The van der Waals surface area contributed by atoms with Crippen molar-refractivity contribution < 1.29 is 4.79 Å². The second-order valence-electron chi connectivity index (χ2n) is 6.77. The molecule has 30 heavy (non-hydrogen) atoms. The van der Waals surface area contributed by atoms with Crippen LogP contribution in [0.3, 0.4) is 0 Å². The number of carbonyl (C=O) groups is 1. The molecular formula is C22H23BrClN5O. The van der Waals surface area contributed by atoms with Crippen LogP contribution in [-0.4, -0.2) is 21.6 Å². The summed E-state index contributed by atoms with van der Waals surface area (Å²) in [5.74, 6) is 0.0536. The van der Waals surface area contributed by atoms with Gasteiger partial charge in [-0.2, -0.15) is 5.10 Å². The fourth-order valence-corrected chi connectivity index (χ4v) is 3.43. The van der Waals surface area contributed by atoms with Gasteiger partial charge in [0.1, 0.15) is 0 Å². The van der Waals surface area contributed by atoms with E-state index in [1.54, 1.807) is 24.3 Å². The number of guanidine groups is 1. The van der Waals surface area contributed by atoms with Crippen LogP contribution in [0.2, 0.25) is 5.02 Å². The SMILES string of the molecule is CCCn1cc(CN=C(NC(=O)c2cccc(Cl)c2)Nc2cccc(Br)c2)c(C)n1. The standard InChI is InChI=1S/C22H23BrClN5O/c1-3-10-29-14-17(15(2)28-29)13-25-22(26-20-9-5-7-18(23)12-20)27-21(30)16-6-4-8-19(24)11-16/h4-9,11-12,14H,3,10,13H2,1-2H3,(H2,25,26,27,30). The molecule has 6 nitrogen and oxygen atoms in total. The van der Waals surface area contributed by atoms with E-state index in [-0.39, 0.29) is 5.91 Å². The summed E-state index contributed by atoms with van der Waals surface area (Å²) in [6, 6.07) is 14.4. The summed E-state index contributed by atoms with van der Waals surface area (Å²) in [6.45, 7) is 5.32. The molecule has 0 spiro atoms. The quantitative estimate of drug-likeness (QED) is 0.360. The van der Waals surface area contributed by atoms with Crippen LogP contribution in [0.25, 0.3) is 0 Å². The van der Waals surface area contributed by atoms with Crippen molar-refractivity contribution in [3.05, 3.63) is 81.0 Å². The number of aliphatic imine (C=N–C) groups is 1. The lowest BCUT2D eigenvalue weighted by molar-refractivity contribution is 0.0977. The van der Waals surface area contributed by atoms with E-state index < -0.39 is 0 Å². The number of rotatable bonds is 6. The van der Waals surface area contributed by atoms with E-state index in [0.717, 1.165) is 34.4 Å². The van der Waals surface area contributed by atoms with Gasteiger partial charge in [0.05, 0.1) is 12.2 Å². The van der Waals surface area contributed by atoms with Gasteiger partial charge in [-0.05, 0) is 49.7 Å². The first-order valence-corrected chi connectivity index (χ1v) is 10.8. The van der Waals surface area contributed by atoms with Crippen molar-refractivity contribution in [2.75, 3.05) is 5.32 Å². The van der Waals surface area contributed by atoms with E-state index in [0.29, 0.717) is 23.1 Å². The van der Waals surface area contributed by atoms with Gasteiger partial charge in [-0.15, -0.1) is 0 Å². The second-order valence-corrected chi connectivity index (χ2v) is 8.12. The predicted molar refractivity (Wildman–Crippen MR) is 125 cm³/mol. The third kappa shape index (κ3) is 6.18. The Morgan fingerprint density at radius 2 is 2.03 bits per heavy atom. The highest BCUT2D eigenvalue weighted by atomic mass is 79.9. The highest BCUT2D eigenvalue weighted by Crippen LogP contribution is 2.16. The number of halogens is 2. The monoisotopic (exact) mass is 487 g/mol. The maximum absolute atomic E-state index is 12.7. The fraction of sp³-hybridized carbons (Fsp3) is 0.227. The van der Waals surface area contributed by atoms with Gasteiger partial charge in [0.2, 0.25) is 5.96 Å². The maximum Gasteiger partial charge on any atom is 0.258 e. The normalized spacial score (nSPS) is 11.4. The number of carbonyl (C=O) groups excluding carboxylic acids is 1. The smallest absolute Gasteiger partial charge is 0.258 e. The molecule has 0 atom stereocenters. The highest BCUT2D eigenvalue weighted by molar-refractivity contribution is 9.10. The van der Waals surface area contributed by atoms with Crippen LogP contribution in [0.1, 0.15) is 35.0 Å². The summed E-state index contributed by atoms with van der Waals surface area (Å²) in [4.78, 5) is 17.3. The van der Waals surface area contributed by atoms with E-state index in [9.17, 15) is 4.79 Å². The summed E-state index contributed by atoms with van der Waals surface area (Å²) in [6.07, 6.45) is 3.01. The lowest BCUT2D eigenvalue weighted by Crippen LogP contribution is -2.36. The van der Waals surface area contributed by atoms with Gasteiger partial charge in [0.15, 0.2) is 0 Å². The van der Waals surface area contributed by atoms with Crippen LogP contribution < -0.4 is 10.6 Å². The van der Waals surface area contributed by atoms with E-state index >= 15 is 0 Å². The molecular weight excluding hydrogens is 466 g/mol. The van der Waals surface area contributed by atoms with Gasteiger partial charge in [0, 0.05) is 39.1 Å². The van der Waals surface area contributed by atoms with Gasteiger partial charge in [0.25, 0.3) is 5.91 Å². The molecule has 2 N–H and O–H groups in total. The molecule has 0 aliphatic carbocycles. The van der Waals surface area contributed by atoms with Crippen molar-refractivity contribution in [3.8, 4) is 0 Å². The molecule has 0 saturated carbocycles. The van der Waals surface area contributed by atoms with Crippen molar-refractivity contribution >= 4 is 45.1 Å². The van der Waals surface area contributed by atoms with Crippen molar-refractivity contribution in [2.24, 2.45) is 4.99 Å². The van der Waals surface area contributed by atoms with Gasteiger partial charge in [-0.3, -0.25) is 14.8 Å². The first-order chi connectivity index (χ1) is 14.4. The lowest BCUT2D eigenvalue weighted by atomic mass is 10.2. The molecule has 156 valence electrons. The largest absolute Gasteiger partial charge is 0.326 e. The number of aromatic nitrogens is 2. The van der Waals surface area contributed by atoms with E-state index in [1.165, 1.54) is 0 Å². The van der Waals surface area contributed by atoms with Crippen LogP contribution in [0.4, 0.5) is 5.69 Å². The maximum atomic E-state index is 12.7. The molecule has 8 heteroatoms. The summed E-state index contributed by atoms with van der Waals surface area (Å²) in [7, 11) is 0. The number of amides is 1. The van der Waals surface area contributed by atoms with Gasteiger partial charge in [-0.1, -0.05) is 46.6 Å². The zero-order chi connectivity index (χ0) is 21.5. The van der Waals surface area contributed by atoms with Gasteiger partial charge in [-0.25, -0.2) is 4.99 Å². The third-order valence-electron chi connectivity index (χ3n) is 4.31. The van der Waals surface area contributed by atoms with E-state index in [2.05, 4.69) is 43.6 Å². The van der Waals surface area contributed by atoms with Crippen LogP contribution in [-0.2, 0) is 13.1 Å². The zero-order valence-corrected chi connectivity index (χ0v) is 19.2. The molecule has 2 aromatic carbocycles. The number of benzene rings is 2. The molecule has 1 aromatic heterocycles. The number of aryl methyl sites for hydroxylation is 2. The minimum atomic E-state index is -0.294. The van der Waals surface area contributed by atoms with Crippen LogP contribution in [0.5, 0.6) is 0 Å². The summed E-state index contributed by atoms with van der Waals surface area (Å²) in [5.41, 5.74) is 3.19. The molecule has 0 aliphatic rings. The molecule has 0 aliphatic heterocycles. The molecule has 0 fully saturated rings. The Kier molecular flexibility index (Phi) is 7.65. The lowest BCUT2D eigenvalue weighted by Gasteiger charge is -2.12. The number of nitrogens with one attached hydrogen (secondary N) is 2. The number of nitrogens with zero attached hydrogens (tertiary/aromatic N) is 3. The van der Waals surface area contributed by atoms with Gasteiger partial charge >= 0.3 is 0 Å².